The maximum absolute atomic E-state index is 5.94. The van der Waals surface area contributed by atoms with E-state index in [1.165, 1.54) is 11.8 Å². The standard InChI is InChI=1S/C13H10N6S2/c14-10-9-2-5-20-11(9)18-13(17-10)21-7-8-6-19-4-1-3-15-12(19)16-8/h1-6H,7H2,(H2,14,17,18). The van der Waals surface area contributed by atoms with Crippen LogP contribution in [0.1, 0.15) is 5.69 Å². The molecule has 0 aliphatic carbocycles. The SMILES string of the molecule is Nc1nc(SCc2cn3cccnc3n2)nc2sccc12. The number of imidazole rings is 1. The number of thiophene rings is 1. The minimum Gasteiger partial charge on any atom is -0.383 e. The van der Waals surface area contributed by atoms with Crippen molar-refractivity contribution >= 4 is 44.9 Å². The van der Waals surface area contributed by atoms with E-state index in [0.717, 1.165) is 15.9 Å². The Kier molecular flexibility index (Phi) is 2.97. The number of rotatable bonds is 3. The fourth-order valence-corrected chi connectivity index (χ4v) is 3.57. The van der Waals surface area contributed by atoms with Gasteiger partial charge in [0, 0.05) is 24.3 Å². The van der Waals surface area contributed by atoms with Crippen LogP contribution < -0.4 is 5.73 Å². The maximum atomic E-state index is 5.94. The molecule has 4 aromatic heterocycles. The molecule has 104 valence electrons. The van der Waals surface area contributed by atoms with E-state index in [9.17, 15) is 0 Å². The molecule has 21 heavy (non-hydrogen) atoms. The van der Waals surface area contributed by atoms with Crippen LogP contribution in [0.5, 0.6) is 0 Å². The van der Waals surface area contributed by atoms with Crippen molar-refractivity contribution in [3.8, 4) is 0 Å². The molecule has 8 heteroatoms. The number of nitrogens with two attached hydrogens (primary N) is 1. The average molecular weight is 314 g/mol. The molecule has 0 bridgehead atoms. The Morgan fingerprint density at radius 2 is 2.24 bits per heavy atom. The van der Waals surface area contributed by atoms with Crippen molar-refractivity contribution < 1.29 is 0 Å². The van der Waals surface area contributed by atoms with Gasteiger partial charge in [0.25, 0.3) is 0 Å². The Bertz CT molecular complexity index is 896. The third-order valence-corrected chi connectivity index (χ3v) is 4.66. The Balaban J connectivity index is 1.59. The van der Waals surface area contributed by atoms with Crippen molar-refractivity contribution in [1.82, 2.24) is 24.3 Å². The zero-order valence-corrected chi connectivity index (χ0v) is 12.4. The van der Waals surface area contributed by atoms with Gasteiger partial charge in [-0.2, -0.15) is 0 Å². The van der Waals surface area contributed by atoms with Crippen LogP contribution >= 0.6 is 23.1 Å². The van der Waals surface area contributed by atoms with Crippen molar-refractivity contribution in [3.63, 3.8) is 0 Å². The molecule has 0 aromatic carbocycles. The first-order valence-electron chi connectivity index (χ1n) is 6.22. The molecule has 0 unspecified atom stereocenters. The lowest BCUT2D eigenvalue weighted by molar-refractivity contribution is 1.01. The second-order valence-corrected chi connectivity index (χ2v) is 6.22. The van der Waals surface area contributed by atoms with Gasteiger partial charge in [-0.3, -0.25) is 4.40 Å². The number of hydrogen-bond acceptors (Lipinski definition) is 7. The number of thioether (sulfide) groups is 1. The van der Waals surface area contributed by atoms with Crippen molar-refractivity contribution in [2.24, 2.45) is 0 Å². The first kappa shape index (κ1) is 12.5. The molecule has 2 N–H and O–H groups in total. The number of nitrogen functional groups attached to an aromatic ring is 1. The fraction of sp³-hybridized carbons (Fsp3) is 0.0769. The summed E-state index contributed by atoms with van der Waals surface area (Å²) >= 11 is 3.09. The van der Waals surface area contributed by atoms with Crippen molar-refractivity contribution in [2.75, 3.05) is 5.73 Å². The van der Waals surface area contributed by atoms with E-state index in [1.54, 1.807) is 17.5 Å². The van der Waals surface area contributed by atoms with E-state index >= 15 is 0 Å². The van der Waals surface area contributed by atoms with Gasteiger partial charge in [0.1, 0.15) is 10.6 Å². The van der Waals surface area contributed by atoms with Gasteiger partial charge in [0.2, 0.25) is 5.78 Å². The second-order valence-electron chi connectivity index (χ2n) is 4.38. The predicted molar refractivity (Wildman–Crippen MR) is 84.4 cm³/mol. The zero-order chi connectivity index (χ0) is 14.2. The fourth-order valence-electron chi connectivity index (χ4n) is 2.01. The Labute approximate surface area is 128 Å². The van der Waals surface area contributed by atoms with Crippen molar-refractivity contribution in [1.29, 1.82) is 0 Å². The van der Waals surface area contributed by atoms with Crippen LogP contribution in [-0.4, -0.2) is 24.3 Å². The molecule has 0 saturated heterocycles. The number of hydrogen-bond donors (Lipinski definition) is 1. The summed E-state index contributed by atoms with van der Waals surface area (Å²) in [5, 5.41) is 3.56. The van der Waals surface area contributed by atoms with E-state index in [-0.39, 0.29) is 0 Å². The minimum absolute atomic E-state index is 0.528. The van der Waals surface area contributed by atoms with Gasteiger partial charge in [0.15, 0.2) is 5.16 Å². The van der Waals surface area contributed by atoms with Gasteiger partial charge in [0.05, 0.1) is 11.1 Å². The first-order valence-corrected chi connectivity index (χ1v) is 8.08. The highest BCUT2D eigenvalue weighted by molar-refractivity contribution is 7.98. The molecule has 0 spiro atoms. The molecule has 0 saturated carbocycles. The topological polar surface area (TPSA) is 82.0 Å². The molecule has 6 nitrogen and oxygen atoms in total. The Morgan fingerprint density at radius 1 is 1.29 bits per heavy atom. The molecule has 4 heterocycles. The smallest absolute Gasteiger partial charge is 0.233 e. The first-order chi connectivity index (χ1) is 10.3. The van der Waals surface area contributed by atoms with Gasteiger partial charge < -0.3 is 5.73 Å². The summed E-state index contributed by atoms with van der Waals surface area (Å²) < 4.78 is 1.90. The largest absolute Gasteiger partial charge is 0.383 e. The van der Waals surface area contributed by atoms with Crippen molar-refractivity contribution in [3.05, 3.63) is 41.8 Å². The molecule has 0 aliphatic rings. The van der Waals surface area contributed by atoms with Crippen LogP contribution in [0.4, 0.5) is 5.82 Å². The third kappa shape index (κ3) is 2.32. The number of nitrogens with zero attached hydrogens (tertiary/aromatic N) is 5. The van der Waals surface area contributed by atoms with E-state index in [0.29, 0.717) is 22.5 Å². The molecule has 0 amide bonds. The van der Waals surface area contributed by atoms with E-state index in [1.807, 2.05) is 34.3 Å². The lowest BCUT2D eigenvalue weighted by atomic mass is 10.4. The number of anilines is 1. The van der Waals surface area contributed by atoms with Crippen molar-refractivity contribution in [2.45, 2.75) is 10.9 Å². The number of aromatic nitrogens is 5. The van der Waals surface area contributed by atoms with Crippen LogP contribution in [0, 0.1) is 0 Å². The summed E-state index contributed by atoms with van der Waals surface area (Å²) in [6.07, 6.45) is 5.62. The maximum Gasteiger partial charge on any atom is 0.233 e. The molecule has 0 fully saturated rings. The molecular weight excluding hydrogens is 304 g/mol. The lowest BCUT2D eigenvalue weighted by Crippen LogP contribution is -1.95. The monoisotopic (exact) mass is 314 g/mol. The quantitative estimate of drug-likeness (QED) is 0.462. The van der Waals surface area contributed by atoms with Crippen LogP contribution in [0.2, 0.25) is 0 Å². The van der Waals surface area contributed by atoms with Crippen LogP contribution in [-0.2, 0) is 5.75 Å². The summed E-state index contributed by atoms with van der Waals surface area (Å²) in [5.41, 5.74) is 6.88. The minimum atomic E-state index is 0.528. The van der Waals surface area contributed by atoms with Gasteiger partial charge >= 0.3 is 0 Å². The Morgan fingerprint density at radius 3 is 3.14 bits per heavy atom. The van der Waals surface area contributed by atoms with Crippen LogP contribution in [0.25, 0.3) is 16.0 Å². The summed E-state index contributed by atoms with van der Waals surface area (Å²) in [4.78, 5) is 18.4. The molecule has 0 aliphatic heterocycles. The lowest BCUT2D eigenvalue weighted by Gasteiger charge is -2.00. The third-order valence-electron chi connectivity index (χ3n) is 2.97. The van der Waals surface area contributed by atoms with Gasteiger partial charge in [-0.1, -0.05) is 11.8 Å². The van der Waals surface area contributed by atoms with E-state index in [2.05, 4.69) is 19.9 Å². The zero-order valence-electron chi connectivity index (χ0n) is 10.8. The van der Waals surface area contributed by atoms with E-state index in [4.69, 9.17) is 5.73 Å². The molecule has 4 rings (SSSR count). The molecule has 4 aromatic rings. The summed E-state index contributed by atoms with van der Waals surface area (Å²) in [7, 11) is 0. The van der Waals surface area contributed by atoms with E-state index < -0.39 is 0 Å². The highest BCUT2D eigenvalue weighted by Gasteiger charge is 2.08. The molecule has 0 atom stereocenters. The van der Waals surface area contributed by atoms with Gasteiger partial charge in [-0.25, -0.2) is 19.9 Å². The number of fused-ring (bicyclic) bond motifs is 2. The van der Waals surface area contributed by atoms with Gasteiger partial charge in [-0.05, 0) is 17.5 Å². The molecule has 0 radical (unpaired) electrons. The summed E-state index contributed by atoms with van der Waals surface area (Å²) in [5.74, 6) is 1.90. The highest BCUT2D eigenvalue weighted by atomic mass is 32.2. The Hall–Kier alpha value is -2.19. The molecular formula is C13H10N6S2. The van der Waals surface area contributed by atoms with Crippen LogP contribution in [0.15, 0.2) is 41.3 Å². The second kappa shape index (κ2) is 4.97. The highest BCUT2D eigenvalue weighted by Crippen LogP contribution is 2.27. The predicted octanol–water partition coefficient (Wildman–Crippen LogP) is 2.61. The van der Waals surface area contributed by atoms with Gasteiger partial charge in [-0.15, -0.1) is 11.3 Å². The average Bonchev–Trinajstić information content (AvgIpc) is 3.11. The normalized spacial score (nSPS) is 11.4. The summed E-state index contributed by atoms with van der Waals surface area (Å²) in [6.45, 7) is 0. The summed E-state index contributed by atoms with van der Waals surface area (Å²) in [6, 6.07) is 3.82. The van der Waals surface area contributed by atoms with Crippen LogP contribution in [0.3, 0.4) is 0 Å².